The number of nitrogens with zero attached hydrogens (tertiary/aromatic N) is 2. The normalized spacial score (nSPS) is 11.9. The van der Waals surface area contributed by atoms with Crippen LogP contribution in [0.1, 0.15) is 11.1 Å². The zero-order chi connectivity index (χ0) is 47.9. The molecule has 2 heterocycles. The lowest BCUT2D eigenvalue weighted by Crippen LogP contribution is -2.11. The molecular weight excluding hydrogens is 877 g/mol. The number of ether oxygens (including phenoxy) is 1. The van der Waals surface area contributed by atoms with Gasteiger partial charge in [-0.05, 0) is 148 Å². The van der Waals surface area contributed by atoms with Crippen molar-refractivity contribution in [3.8, 4) is 44.9 Å². The highest BCUT2D eigenvalue weighted by atomic mass is 16.5. The molecule has 0 spiro atoms. The zero-order valence-corrected chi connectivity index (χ0v) is 39.8. The number of para-hydroxylation sites is 5. The molecule has 0 atom stereocenters. The maximum atomic E-state index is 7.03. The number of hydrogen-bond donors (Lipinski definition) is 0. The van der Waals surface area contributed by atoms with Gasteiger partial charge in [-0.3, -0.25) is 0 Å². The minimum Gasteiger partial charge on any atom is -0.456 e. The molecular formula is C68H46N2O2. The van der Waals surface area contributed by atoms with Crippen LogP contribution < -0.4 is 14.5 Å². The Bertz CT molecular complexity index is 4220. The van der Waals surface area contributed by atoms with E-state index in [0.717, 1.165) is 106 Å². The van der Waals surface area contributed by atoms with E-state index in [-0.39, 0.29) is 0 Å². The van der Waals surface area contributed by atoms with E-state index in [1.165, 1.54) is 38.1 Å². The van der Waals surface area contributed by atoms with Crippen molar-refractivity contribution in [1.29, 1.82) is 0 Å². The molecule has 0 unspecified atom stereocenters. The van der Waals surface area contributed by atoms with Crippen molar-refractivity contribution in [2.45, 2.75) is 13.8 Å². The predicted molar refractivity (Wildman–Crippen MR) is 301 cm³/mol. The molecule has 1 aliphatic rings. The standard InChI is InChI=1S/C68H46N2O2/c1-43-29-35-52-56(37-43)57-41-60-54-36-32-47(40-65(54)71-66-39-44(2)38-59(67(60)66)58(57)42-63(52)69(48-19-8-4-9-20-48)49-21-10-5-11-22-49)45-30-33-50(34-31-45)70(61-26-14-12-23-51(61)46-17-6-3-7-18-46)62-27-16-25-55-53-24-13-15-28-64(53)72-68(55)62/h3-42H,1-2H3. The minimum absolute atomic E-state index is 0.848. The molecule has 340 valence electrons. The predicted octanol–water partition coefficient (Wildman–Crippen LogP) is 19.7. The van der Waals surface area contributed by atoms with Crippen LogP contribution in [0.3, 0.4) is 0 Å². The molecule has 4 nitrogen and oxygen atoms in total. The molecule has 0 amide bonds. The fraction of sp³-hybridized carbons (Fsp3) is 0.0294. The monoisotopic (exact) mass is 922 g/mol. The largest absolute Gasteiger partial charge is 0.456 e. The summed E-state index contributed by atoms with van der Waals surface area (Å²) in [7, 11) is 0. The summed E-state index contributed by atoms with van der Waals surface area (Å²) in [6, 6.07) is 87.2. The van der Waals surface area contributed by atoms with Gasteiger partial charge in [0, 0.05) is 49.7 Å². The fourth-order valence-corrected chi connectivity index (χ4v) is 11.2. The Labute approximate surface area is 417 Å². The highest BCUT2D eigenvalue weighted by Gasteiger charge is 2.27. The SMILES string of the molecule is Cc1ccc2c(N(c3ccccc3)c3ccccc3)cc3c4cc(C)cc5c4c(cc3c2c1)-c1ccc(-c2ccc(N(c3ccccc3-c3ccccc3)c3cccc4c3oc3ccccc34)cc2)cc1O5. The molecule has 0 saturated carbocycles. The third kappa shape index (κ3) is 6.75. The van der Waals surface area contributed by atoms with Gasteiger partial charge in [0.15, 0.2) is 5.58 Å². The number of fused-ring (bicyclic) bond motifs is 9. The van der Waals surface area contributed by atoms with Crippen LogP contribution in [0.2, 0.25) is 0 Å². The molecule has 0 radical (unpaired) electrons. The van der Waals surface area contributed by atoms with Gasteiger partial charge >= 0.3 is 0 Å². The highest BCUT2D eigenvalue weighted by Crippen LogP contribution is 2.53. The first-order chi connectivity index (χ1) is 35.5. The first-order valence-electron chi connectivity index (χ1n) is 24.6. The maximum absolute atomic E-state index is 7.03. The number of aryl methyl sites for hydroxylation is 2. The molecule has 0 N–H and O–H groups in total. The number of hydrogen-bond acceptors (Lipinski definition) is 4. The van der Waals surface area contributed by atoms with E-state index in [1.54, 1.807) is 0 Å². The van der Waals surface area contributed by atoms with Gasteiger partial charge in [-0.1, -0.05) is 163 Å². The summed E-state index contributed by atoms with van der Waals surface area (Å²) in [5.74, 6) is 1.73. The molecule has 14 rings (SSSR count). The number of rotatable bonds is 8. The van der Waals surface area contributed by atoms with Gasteiger partial charge in [0.25, 0.3) is 0 Å². The Hall–Kier alpha value is -9.38. The Morgan fingerprint density at radius 1 is 0.306 bits per heavy atom. The molecule has 72 heavy (non-hydrogen) atoms. The lowest BCUT2D eigenvalue weighted by molar-refractivity contribution is 0.487. The van der Waals surface area contributed by atoms with E-state index in [2.05, 4.69) is 254 Å². The van der Waals surface area contributed by atoms with Gasteiger partial charge in [0.1, 0.15) is 17.1 Å². The second kappa shape index (κ2) is 16.6. The molecule has 0 bridgehead atoms. The van der Waals surface area contributed by atoms with Crippen LogP contribution in [0, 0.1) is 13.8 Å². The Balaban J connectivity index is 0.904. The summed E-state index contributed by atoms with van der Waals surface area (Å²) in [4.78, 5) is 4.73. The lowest BCUT2D eigenvalue weighted by atomic mass is 9.86. The van der Waals surface area contributed by atoms with Gasteiger partial charge in [-0.15, -0.1) is 0 Å². The summed E-state index contributed by atoms with van der Waals surface area (Å²) in [5, 5.41) is 9.35. The third-order valence-electron chi connectivity index (χ3n) is 14.5. The lowest BCUT2D eigenvalue weighted by Gasteiger charge is -2.29. The molecule has 4 heteroatoms. The molecule has 0 aliphatic carbocycles. The first kappa shape index (κ1) is 41.6. The summed E-state index contributed by atoms with van der Waals surface area (Å²) in [5.41, 5.74) is 17.2. The van der Waals surface area contributed by atoms with Gasteiger partial charge in [0.05, 0.1) is 17.1 Å². The maximum Gasteiger partial charge on any atom is 0.159 e. The smallest absolute Gasteiger partial charge is 0.159 e. The molecule has 12 aromatic carbocycles. The van der Waals surface area contributed by atoms with Gasteiger partial charge in [-0.25, -0.2) is 0 Å². The average molecular weight is 923 g/mol. The van der Waals surface area contributed by atoms with E-state index >= 15 is 0 Å². The number of furan rings is 1. The van der Waals surface area contributed by atoms with Crippen molar-refractivity contribution in [2.75, 3.05) is 9.80 Å². The number of benzene rings is 12. The first-order valence-corrected chi connectivity index (χ1v) is 24.6. The average Bonchev–Trinajstić information content (AvgIpc) is 3.82. The van der Waals surface area contributed by atoms with Crippen LogP contribution in [0.4, 0.5) is 34.1 Å². The van der Waals surface area contributed by atoms with E-state index in [9.17, 15) is 0 Å². The second-order valence-corrected chi connectivity index (χ2v) is 19.0. The van der Waals surface area contributed by atoms with E-state index in [0.29, 0.717) is 0 Å². The van der Waals surface area contributed by atoms with Crippen molar-refractivity contribution in [3.05, 3.63) is 254 Å². The molecule has 13 aromatic rings. The zero-order valence-electron chi connectivity index (χ0n) is 39.8. The molecule has 1 aliphatic heterocycles. The molecule has 0 fully saturated rings. The fourth-order valence-electron chi connectivity index (χ4n) is 11.2. The van der Waals surface area contributed by atoms with Crippen molar-refractivity contribution < 1.29 is 9.15 Å². The van der Waals surface area contributed by atoms with E-state index in [1.807, 2.05) is 12.1 Å². The van der Waals surface area contributed by atoms with Crippen molar-refractivity contribution in [1.82, 2.24) is 0 Å². The Morgan fingerprint density at radius 3 is 1.72 bits per heavy atom. The van der Waals surface area contributed by atoms with E-state index in [4.69, 9.17) is 9.15 Å². The molecule has 1 aromatic heterocycles. The third-order valence-corrected chi connectivity index (χ3v) is 14.5. The van der Waals surface area contributed by atoms with Crippen LogP contribution in [0.5, 0.6) is 11.5 Å². The number of anilines is 6. The van der Waals surface area contributed by atoms with Gasteiger partial charge in [0.2, 0.25) is 0 Å². The topological polar surface area (TPSA) is 28.9 Å². The van der Waals surface area contributed by atoms with Crippen LogP contribution in [-0.2, 0) is 0 Å². The summed E-state index contributed by atoms with van der Waals surface area (Å²) in [6.07, 6.45) is 0. The van der Waals surface area contributed by atoms with Crippen molar-refractivity contribution >= 4 is 88.4 Å². The minimum atomic E-state index is 0.848. The van der Waals surface area contributed by atoms with Crippen LogP contribution in [-0.4, -0.2) is 0 Å². The second-order valence-electron chi connectivity index (χ2n) is 19.0. The summed E-state index contributed by atoms with van der Waals surface area (Å²) in [6.45, 7) is 4.37. The summed E-state index contributed by atoms with van der Waals surface area (Å²) >= 11 is 0. The van der Waals surface area contributed by atoms with Gasteiger partial charge < -0.3 is 19.0 Å². The Morgan fingerprint density at radius 2 is 0.931 bits per heavy atom. The summed E-state index contributed by atoms with van der Waals surface area (Å²) < 4.78 is 13.7. The van der Waals surface area contributed by atoms with E-state index < -0.39 is 0 Å². The molecule has 0 saturated heterocycles. The quantitative estimate of drug-likeness (QED) is 0.142. The van der Waals surface area contributed by atoms with Gasteiger partial charge in [-0.2, -0.15) is 0 Å². The Kier molecular flexibility index (Phi) is 9.62. The van der Waals surface area contributed by atoms with Crippen LogP contribution in [0.25, 0.3) is 87.6 Å². The van der Waals surface area contributed by atoms with Crippen LogP contribution >= 0.6 is 0 Å². The van der Waals surface area contributed by atoms with Crippen molar-refractivity contribution in [3.63, 3.8) is 0 Å². The highest BCUT2D eigenvalue weighted by molar-refractivity contribution is 6.26. The van der Waals surface area contributed by atoms with Crippen molar-refractivity contribution in [2.24, 2.45) is 0 Å². The van der Waals surface area contributed by atoms with Crippen LogP contribution in [0.15, 0.2) is 247 Å².